The van der Waals surface area contributed by atoms with E-state index in [1.54, 1.807) is 7.11 Å². The summed E-state index contributed by atoms with van der Waals surface area (Å²) in [5, 5.41) is 10.7. The Hall–Kier alpha value is -4.63. The quantitative estimate of drug-likeness (QED) is 0.214. The van der Waals surface area contributed by atoms with Crippen molar-refractivity contribution in [3.8, 4) is 28.3 Å². The molecule has 5 rings (SSSR count). The fourth-order valence-corrected chi connectivity index (χ4v) is 3.89. The van der Waals surface area contributed by atoms with Gasteiger partial charge < -0.3 is 20.1 Å². The van der Waals surface area contributed by atoms with E-state index in [1.807, 2.05) is 30.3 Å². The molecule has 4 aromatic carbocycles. The van der Waals surface area contributed by atoms with E-state index in [2.05, 4.69) is 77.0 Å². The summed E-state index contributed by atoms with van der Waals surface area (Å²) in [5.74, 6) is -0.982. The molecule has 0 spiro atoms. The topological polar surface area (TPSA) is 87.2 Å². The van der Waals surface area contributed by atoms with Gasteiger partial charge in [0.15, 0.2) is 0 Å². The van der Waals surface area contributed by atoms with Gasteiger partial charge in [-0.2, -0.15) is 13.2 Å². The maximum atomic E-state index is 10.6. The van der Waals surface area contributed by atoms with E-state index in [0.29, 0.717) is 0 Å². The van der Waals surface area contributed by atoms with Crippen LogP contribution in [0.1, 0.15) is 11.1 Å². The first kappa shape index (κ1) is 27.4. The Labute approximate surface area is 223 Å². The van der Waals surface area contributed by atoms with Crippen molar-refractivity contribution in [2.75, 3.05) is 7.11 Å². The minimum Gasteiger partial charge on any atom is -0.497 e. The second kappa shape index (κ2) is 12.3. The highest BCUT2D eigenvalue weighted by Crippen LogP contribution is 2.27. The van der Waals surface area contributed by atoms with Crippen molar-refractivity contribution >= 4 is 17.0 Å². The number of hydrogen-bond donors (Lipinski definition) is 3. The van der Waals surface area contributed by atoms with Gasteiger partial charge in [-0.3, -0.25) is 0 Å². The van der Waals surface area contributed by atoms with Gasteiger partial charge in [-0.25, -0.2) is 9.78 Å². The number of aromatic nitrogens is 2. The van der Waals surface area contributed by atoms with Crippen molar-refractivity contribution in [3.05, 3.63) is 108 Å². The minimum atomic E-state index is -5.08. The van der Waals surface area contributed by atoms with Crippen LogP contribution in [-0.2, 0) is 17.9 Å². The maximum absolute atomic E-state index is 10.6. The first-order valence-electron chi connectivity index (χ1n) is 12.0. The molecule has 1 heterocycles. The van der Waals surface area contributed by atoms with Gasteiger partial charge in [0.25, 0.3) is 0 Å². The van der Waals surface area contributed by atoms with Crippen LogP contribution in [0.25, 0.3) is 33.5 Å². The van der Waals surface area contributed by atoms with Crippen LogP contribution in [0.3, 0.4) is 0 Å². The lowest BCUT2D eigenvalue weighted by molar-refractivity contribution is -0.192. The lowest BCUT2D eigenvalue weighted by Gasteiger charge is -2.09. The van der Waals surface area contributed by atoms with Crippen LogP contribution in [-0.4, -0.2) is 34.3 Å². The SMILES string of the molecule is COc1ccc(CNCc2cccc(-c3cccc(-c4nc5ccccc5[nH]4)c3)c2)cc1.O=C(O)C(F)(F)F. The number of fused-ring (bicyclic) bond motifs is 1. The van der Waals surface area contributed by atoms with Crippen LogP contribution < -0.4 is 10.1 Å². The predicted octanol–water partition coefficient (Wildman–Crippen LogP) is 6.83. The van der Waals surface area contributed by atoms with E-state index in [-0.39, 0.29) is 0 Å². The third-order valence-corrected chi connectivity index (χ3v) is 5.85. The molecule has 5 aromatic rings. The average molecular weight is 534 g/mol. The number of nitrogens with zero attached hydrogens (tertiary/aromatic N) is 1. The molecule has 0 saturated carbocycles. The lowest BCUT2D eigenvalue weighted by Crippen LogP contribution is -2.21. The second-order valence-corrected chi connectivity index (χ2v) is 8.64. The molecular weight excluding hydrogens is 507 g/mol. The number of aliphatic carboxylic acids is 1. The number of carbonyl (C=O) groups is 1. The van der Waals surface area contributed by atoms with Crippen LogP contribution in [0.5, 0.6) is 5.75 Å². The summed E-state index contributed by atoms with van der Waals surface area (Å²) in [7, 11) is 1.69. The van der Waals surface area contributed by atoms with Gasteiger partial charge in [0.1, 0.15) is 11.6 Å². The molecule has 0 aliphatic heterocycles. The molecule has 200 valence electrons. The molecule has 1 aromatic heterocycles. The van der Waals surface area contributed by atoms with Crippen molar-refractivity contribution < 1.29 is 27.8 Å². The summed E-state index contributed by atoms with van der Waals surface area (Å²) < 4.78 is 37.0. The van der Waals surface area contributed by atoms with Gasteiger partial charge in [-0.05, 0) is 58.7 Å². The maximum Gasteiger partial charge on any atom is 0.490 e. The molecule has 39 heavy (non-hydrogen) atoms. The minimum absolute atomic E-state index is 0.809. The molecule has 0 saturated heterocycles. The molecule has 3 N–H and O–H groups in total. The van der Waals surface area contributed by atoms with Crippen LogP contribution in [0.15, 0.2) is 97.1 Å². The second-order valence-electron chi connectivity index (χ2n) is 8.64. The number of H-pyrrole nitrogens is 1. The number of benzene rings is 4. The normalized spacial score (nSPS) is 11.1. The van der Waals surface area contributed by atoms with Crippen molar-refractivity contribution in [3.63, 3.8) is 0 Å². The zero-order valence-electron chi connectivity index (χ0n) is 21.0. The number of nitrogens with one attached hydrogen (secondary N) is 2. The van der Waals surface area contributed by atoms with Gasteiger partial charge in [0.05, 0.1) is 18.1 Å². The number of halogens is 3. The third-order valence-electron chi connectivity index (χ3n) is 5.85. The molecular formula is C30H26F3N3O3. The molecule has 0 fully saturated rings. The number of imidazole rings is 1. The first-order valence-corrected chi connectivity index (χ1v) is 12.0. The Bertz CT molecular complexity index is 1510. The van der Waals surface area contributed by atoms with Crippen molar-refractivity contribution in [1.82, 2.24) is 15.3 Å². The number of ether oxygens (including phenoxy) is 1. The van der Waals surface area contributed by atoms with Crippen LogP contribution in [0.2, 0.25) is 0 Å². The number of alkyl halides is 3. The molecule has 6 nitrogen and oxygen atoms in total. The summed E-state index contributed by atoms with van der Waals surface area (Å²) in [6.07, 6.45) is -5.08. The summed E-state index contributed by atoms with van der Waals surface area (Å²) in [6.45, 7) is 1.62. The monoisotopic (exact) mass is 533 g/mol. The summed E-state index contributed by atoms with van der Waals surface area (Å²) in [4.78, 5) is 17.1. The number of carboxylic acids is 1. The zero-order chi connectivity index (χ0) is 27.8. The van der Waals surface area contributed by atoms with Gasteiger partial charge in [-0.1, -0.05) is 60.7 Å². The lowest BCUT2D eigenvalue weighted by atomic mass is 10.0. The Morgan fingerprint density at radius 3 is 2.13 bits per heavy atom. The molecule has 0 unspecified atom stereocenters. The van der Waals surface area contributed by atoms with E-state index in [4.69, 9.17) is 19.6 Å². The smallest absolute Gasteiger partial charge is 0.490 e. The van der Waals surface area contributed by atoms with E-state index in [0.717, 1.165) is 41.3 Å². The Morgan fingerprint density at radius 2 is 1.46 bits per heavy atom. The highest BCUT2D eigenvalue weighted by atomic mass is 19.4. The fraction of sp³-hybridized carbons (Fsp3) is 0.133. The van der Waals surface area contributed by atoms with Crippen molar-refractivity contribution in [2.45, 2.75) is 19.3 Å². The summed E-state index contributed by atoms with van der Waals surface area (Å²) in [6, 6.07) is 33.5. The predicted molar refractivity (Wildman–Crippen MR) is 144 cm³/mol. The summed E-state index contributed by atoms with van der Waals surface area (Å²) >= 11 is 0. The molecule has 0 bridgehead atoms. The first-order chi connectivity index (χ1) is 18.7. The van der Waals surface area contributed by atoms with Gasteiger partial charge in [-0.15, -0.1) is 0 Å². The van der Waals surface area contributed by atoms with Crippen LogP contribution >= 0.6 is 0 Å². The average Bonchev–Trinajstić information content (AvgIpc) is 3.38. The van der Waals surface area contributed by atoms with E-state index >= 15 is 0 Å². The number of rotatable bonds is 7. The van der Waals surface area contributed by atoms with Crippen molar-refractivity contribution in [2.24, 2.45) is 0 Å². The fourth-order valence-electron chi connectivity index (χ4n) is 3.89. The molecule has 0 aliphatic carbocycles. The third kappa shape index (κ3) is 7.45. The van der Waals surface area contributed by atoms with Gasteiger partial charge in [0.2, 0.25) is 0 Å². The number of hydrogen-bond acceptors (Lipinski definition) is 4. The zero-order valence-corrected chi connectivity index (χ0v) is 21.0. The molecule has 0 radical (unpaired) electrons. The molecule has 9 heteroatoms. The number of methoxy groups -OCH3 is 1. The number of carboxylic acid groups (broad SMARTS) is 1. The Balaban J connectivity index is 0.000000448. The molecule has 0 atom stereocenters. The number of para-hydroxylation sites is 2. The highest BCUT2D eigenvalue weighted by Gasteiger charge is 2.38. The van der Waals surface area contributed by atoms with Gasteiger partial charge >= 0.3 is 12.1 Å². The van der Waals surface area contributed by atoms with Crippen LogP contribution in [0.4, 0.5) is 13.2 Å². The van der Waals surface area contributed by atoms with E-state index in [9.17, 15) is 13.2 Å². The summed E-state index contributed by atoms with van der Waals surface area (Å²) in [5.41, 5.74) is 8.00. The Morgan fingerprint density at radius 1 is 0.846 bits per heavy atom. The van der Waals surface area contributed by atoms with E-state index < -0.39 is 12.1 Å². The Kier molecular flexibility index (Phi) is 8.63. The standard InChI is InChI=1S/C28H25N3O.C2HF3O2/c1-32-25-14-12-20(13-15-25)18-29-19-21-6-4-7-22(16-21)23-8-5-9-24(17-23)28-30-26-10-2-3-11-27(26)31-28;3-2(4,5)1(6)7/h2-17,29H,18-19H2,1H3,(H,30,31);(H,6,7). The molecule has 0 aliphatic rings. The van der Waals surface area contributed by atoms with Crippen LogP contribution in [0, 0.1) is 0 Å². The molecule has 0 amide bonds. The number of aromatic amines is 1. The largest absolute Gasteiger partial charge is 0.497 e. The highest BCUT2D eigenvalue weighted by molar-refractivity contribution is 5.80. The van der Waals surface area contributed by atoms with E-state index in [1.165, 1.54) is 22.3 Å². The van der Waals surface area contributed by atoms with Gasteiger partial charge in [0, 0.05) is 18.7 Å². The van der Waals surface area contributed by atoms with Crippen molar-refractivity contribution in [1.29, 1.82) is 0 Å².